The molecule has 7 heteroatoms. The summed E-state index contributed by atoms with van der Waals surface area (Å²) in [6.45, 7) is 9.30. The van der Waals surface area contributed by atoms with Crippen LogP contribution >= 0.6 is 24.0 Å². The zero-order valence-electron chi connectivity index (χ0n) is 18.0. The largest absolute Gasteiger partial charge is 0.497 e. The van der Waals surface area contributed by atoms with Crippen LogP contribution in [0.2, 0.25) is 0 Å². The van der Waals surface area contributed by atoms with Crippen LogP contribution in [0.3, 0.4) is 0 Å². The van der Waals surface area contributed by atoms with Gasteiger partial charge in [-0.1, -0.05) is 26.0 Å². The second-order valence-electron chi connectivity index (χ2n) is 7.79. The molecule has 1 saturated heterocycles. The lowest BCUT2D eigenvalue weighted by atomic mass is 9.84. The Hall–Kier alpha value is -1.06. The van der Waals surface area contributed by atoms with E-state index in [0.717, 1.165) is 57.3 Å². The van der Waals surface area contributed by atoms with E-state index in [4.69, 9.17) is 9.47 Å². The SMILES string of the molecule is CN=C(NCC(C)(C)c1cccc(OC)c1)NC1CCN(CCOC)CC1.I. The van der Waals surface area contributed by atoms with Crippen LogP contribution in [0.5, 0.6) is 5.75 Å². The number of ether oxygens (including phenoxy) is 2. The van der Waals surface area contributed by atoms with Crippen molar-refractivity contribution in [3.8, 4) is 5.75 Å². The molecule has 1 aliphatic heterocycles. The van der Waals surface area contributed by atoms with Gasteiger partial charge in [-0.25, -0.2) is 0 Å². The Kier molecular flexibility index (Phi) is 11.1. The summed E-state index contributed by atoms with van der Waals surface area (Å²) >= 11 is 0. The van der Waals surface area contributed by atoms with Gasteiger partial charge in [0.25, 0.3) is 0 Å². The van der Waals surface area contributed by atoms with Gasteiger partial charge in [0.1, 0.15) is 5.75 Å². The third-order valence-electron chi connectivity index (χ3n) is 5.31. The fourth-order valence-electron chi connectivity index (χ4n) is 3.36. The van der Waals surface area contributed by atoms with E-state index in [1.54, 1.807) is 14.2 Å². The second-order valence-corrected chi connectivity index (χ2v) is 7.79. The fraction of sp³-hybridized carbons (Fsp3) is 0.667. The maximum Gasteiger partial charge on any atom is 0.191 e. The first-order chi connectivity index (χ1) is 13.0. The average Bonchev–Trinajstić information content (AvgIpc) is 2.70. The number of hydrogen-bond donors (Lipinski definition) is 2. The molecule has 1 aromatic carbocycles. The first-order valence-corrected chi connectivity index (χ1v) is 9.81. The normalized spacial score (nSPS) is 16.4. The maximum atomic E-state index is 5.36. The van der Waals surface area contributed by atoms with Crippen molar-refractivity contribution in [3.05, 3.63) is 29.8 Å². The van der Waals surface area contributed by atoms with Crippen molar-refractivity contribution in [1.29, 1.82) is 0 Å². The van der Waals surface area contributed by atoms with Crippen LogP contribution in [0.25, 0.3) is 0 Å². The number of benzene rings is 1. The number of halogens is 1. The van der Waals surface area contributed by atoms with E-state index in [-0.39, 0.29) is 29.4 Å². The molecule has 0 radical (unpaired) electrons. The number of rotatable bonds is 8. The van der Waals surface area contributed by atoms with Gasteiger partial charge in [0.15, 0.2) is 5.96 Å². The molecule has 1 aromatic rings. The van der Waals surface area contributed by atoms with Crippen molar-refractivity contribution in [2.45, 2.75) is 38.1 Å². The third-order valence-corrected chi connectivity index (χ3v) is 5.31. The number of methoxy groups -OCH3 is 2. The van der Waals surface area contributed by atoms with Gasteiger partial charge in [0.2, 0.25) is 0 Å². The molecule has 0 amide bonds. The van der Waals surface area contributed by atoms with E-state index in [2.05, 4.69) is 46.5 Å². The van der Waals surface area contributed by atoms with Crippen molar-refractivity contribution < 1.29 is 9.47 Å². The number of aliphatic imine (C=N–C) groups is 1. The van der Waals surface area contributed by atoms with Crippen molar-refractivity contribution in [2.24, 2.45) is 4.99 Å². The molecule has 1 aliphatic rings. The van der Waals surface area contributed by atoms with E-state index < -0.39 is 0 Å². The third kappa shape index (κ3) is 7.75. The van der Waals surface area contributed by atoms with E-state index in [0.29, 0.717) is 6.04 Å². The van der Waals surface area contributed by atoms with E-state index in [9.17, 15) is 0 Å². The molecule has 0 aliphatic carbocycles. The van der Waals surface area contributed by atoms with Gasteiger partial charge < -0.3 is 25.0 Å². The van der Waals surface area contributed by atoms with E-state index in [1.165, 1.54) is 5.56 Å². The molecular weight excluding hydrogens is 467 g/mol. The molecule has 0 atom stereocenters. The van der Waals surface area contributed by atoms with Crippen LogP contribution in [0.15, 0.2) is 29.3 Å². The minimum atomic E-state index is -0.0321. The Balaban J connectivity index is 0.00000392. The summed E-state index contributed by atoms with van der Waals surface area (Å²) in [6, 6.07) is 8.74. The zero-order valence-corrected chi connectivity index (χ0v) is 20.3. The highest BCUT2D eigenvalue weighted by Gasteiger charge is 2.23. The molecule has 0 aromatic heterocycles. The first-order valence-electron chi connectivity index (χ1n) is 9.81. The molecule has 1 fully saturated rings. The first kappa shape index (κ1) is 25.0. The molecular formula is C21H37IN4O2. The molecule has 0 unspecified atom stereocenters. The van der Waals surface area contributed by atoms with Gasteiger partial charge in [0.05, 0.1) is 13.7 Å². The molecule has 2 rings (SSSR count). The monoisotopic (exact) mass is 504 g/mol. The van der Waals surface area contributed by atoms with Gasteiger partial charge in [-0.15, -0.1) is 24.0 Å². The summed E-state index contributed by atoms with van der Waals surface area (Å²) in [5, 5.41) is 7.09. The number of hydrogen-bond acceptors (Lipinski definition) is 4. The van der Waals surface area contributed by atoms with Crippen molar-refractivity contribution >= 4 is 29.9 Å². The summed E-state index contributed by atoms with van der Waals surface area (Å²) in [4.78, 5) is 6.88. The second kappa shape index (κ2) is 12.5. The van der Waals surface area contributed by atoms with Crippen LogP contribution in [-0.4, -0.2) is 71.0 Å². The van der Waals surface area contributed by atoms with Crippen LogP contribution in [-0.2, 0) is 10.2 Å². The Labute approximate surface area is 187 Å². The predicted molar refractivity (Wildman–Crippen MR) is 127 cm³/mol. The average molecular weight is 504 g/mol. The highest BCUT2D eigenvalue weighted by molar-refractivity contribution is 14.0. The number of likely N-dealkylation sites (tertiary alicyclic amines) is 1. The van der Waals surface area contributed by atoms with Gasteiger partial charge in [-0.3, -0.25) is 4.99 Å². The zero-order chi connectivity index (χ0) is 19.7. The number of guanidine groups is 1. The molecule has 28 heavy (non-hydrogen) atoms. The van der Waals surface area contributed by atoms with Crippen molar-refractivity contribution in [1.82, 2.24) is 15.5 Å². The van der Waals surface area contributed by atoms with Crippen molar-refractivity contribution in [2.75, 3.05) is 54.1 Å². The Morgan fingerprint density at radius 2 is 1.96 bits per heavy atom. The summed E-state index contributed by atoms with van der Waals surface area (Å²) in [7, 11) is 5.30. The summed E-state index contributed by atoms with van der Waals surface area (Å²) in [5.41, 5.74) is 1.21. The van der Waals surface area contributed by atoms with Crippen molar-refractivity contribution in [3.63, 3.8) is 0 Å². The van der Waals surface area contributed by atoms with Gasteiger partial charge in [0, 0.05) is 51.8 Å². The lowest BCUT2D eigenvalue weighted by molar-refractivity contribution is 0.128. The lowest BCUT2D eigenvalue weighted by Gasteiger charge is -2.33. The van der Waals surface area contributed by atoms with E-state index in [1.807, 2.05) is 19.2 Å². The van der Waals surface area contributed by atoms with Crippen LogP contribution in [0, 0.1) is 0 Å². The van der Waals surface area contributed by atoms with E-state index >= 15 is 0 Å². The molecule has 0 spiro atoms. The number of nitrogens with one attached hydrogen (secondary N) is 2. The topological polar surface area (TPSA) is 58.1 Å². The molecule has 1 heterocycles. The lowest BCUT2D eigenvalue weighted by Crippen LogP contribution is -2.50. The standard InChI is InChI=1S/C21H36N4O2.HI/c1-21(2,17-7-6-8-19(15-17)27-5)16-23-20(22-3)24-18-9-11-25(12-10-18)13-14-26-4;/h6-8,15,18H,9-14,16H2,1-5H3,(H2,22,23,24);1H. The van der Waals surface area contributed by atoms with Crippen LogP contribution in [0.4, 0.5) is 0 Å². The Morgan fingerprint density at radius 1 is 1.25 bits per heavy atom. The minimum absolute atomic E-state index is 0. The molecule has 160 valence electrons. The summed E-state index contributed by atoms with van der Waals surface area (Å²) in [5.74, 6) is 1.77. The van der Waals surface area contributed by atoms with Gasteiger partial charge in [-0.2, -0.15) is 0 Å². The van der Waals surface area contributed by atoms with Crippen LogP contribution in [0.1, 0.15) is 32.3 Å². The summed E-state index contributed by atoms with van der Waals surface area (Å²) in [6.07, 6.45) is 2.26. The van der Waals surface area contributed by atoms with Crippen LogP contribution < -0.4 is 15.4 Å². The molecule has 2 N–H and O–H groups in total. The molecule has 0 bridgehead atoms. The summed E-state index contributed by atoms with van der Waals surface area (Å²) < 4.78 is 10.5. The van der Waals surface area contributed by atoms with Gasteiger partial charge >= 0.3 is 0 Å². The number of nitrogens with zero attached hydrogens (tertiary/aromatic N) is 2. The Morgan fingerprint density at radius 3 is 2.57 bits per heavy atom. The molecule has 6 nitrogen and oxygen atoms in total. The quantitative estimate of drug-likeness (QED) is 0.324. The molecule has 0 saturated carbocycles. The minimum Gasteiger partial charge on any atom is -0.497 e. The number of piperidine rings is 1. The smallest absolute Gasteiger partial charge is 0.191 e. The highest BCUT2D eigenvalue weighted by atomic mass is 127. The predicted octanol–water partition coefficient (Wildman–Crippen LogP) is 2.87. The highest BCUT2D eigenvalue weighted by Crippen LogP contribution is 2.25. The van der Waals surface area contributed by atoms with Gasteiger partial charge in [-0.05, 0) is 30.5 Å². The maximum absolute atomic E-state index is 5.36. The Bertz CT molecular complexity index is 602. The fourth-order valence-corrected chi connectivity index (χ4v) is 3.36.